The quantitative estimate of drug-likeness (QED) is 0.729. The highest BCUT2D eigenvalue weighted by Crippen LogP contribution is 2.47. The Kier molecular flexibility index (Phi) is 6.58. The van der Waals surface area contributed by atoms with Gasteiger partial charge in [0.1, 0.15) is 0 Å². The molecule has 1 heterocycles. The summed E-state index contributed by atoms with van der Waals surface area (Å²) in [5.74, 6) is -2.25. The summed E-state index contributed by atoms with van der Waals surface area (Å²) in [5, 5.41) is 3.52. The lowest BCUT2D eigenvalue weighted by atomic mass is 9.64. The molecule has 0 bridgehead atoms. The van der Waals surface area contributed by atoms with Crippen molar-refractivity contribution in [2.45, 2.75) is 77.2 Å². The molecule has 4 heteroatoms. The maximum absolute atomic E-state index is 13.6. The van der Waals surface area contributed by atoms with Gasteiger partial charge >= 0.3 is 0 Å². The summed E-state index contributed by atoms with van der Waals surface area (Å²) in [6.45, 7) is 9.91. The second-order valence-electron chi connectivity index (χ2n) is 9.37. The minimum absolute atomic E-state index is 0.172. The number of benzene rings is 1. The van der Waals surface area contributed by atoms with Crippen LogP contribution in [0.15, 0.2) is 24.3 Å². The number of hydrogen-bond donors (Lipinski definition) is 1. The fourth-order valence-corrected chi connectivity index (χ4v) is 5.15. The van der Waals surface area contributed by atoms with Gasteiger partial charge in [-0.3, -0.25) is 4.90 Å². The van der Waals surface area contributed by atoms with Crippen LogP contribution < -0.4 is 5.32 Å². The molecule has 1 aromatic rings. The second-order valence-corrected chi connectivity index (χ2v) is 9.37. The van der Waals surface area contributed by atoms with Crippen LogP contribution in [0.3, 0.4) is 0 Å². The van der Waals surface area contributed by atoms with Crippen LogP contribution in [-0.4, -0.2) is 43.0 Å². The van der Waals surface area contributed by atoms with Crippen LogP contribution in [0.2, 0.25) is 0 Å². The Morgan fingerprint density at radius 2 is 2.00 bits per heavy atom. The molecule has 2 fully saturated rings. The van der Waals surface area contributed by atoms with Crippen LogP contribution in [0.5, 0.6) is 0 Å². The summed E-state index contributed by atoms with van der Waals surface area (Å²) in [6.07, 6.45) is 6.22. The second kappa shape index (κ2) is 8.57. The van der Waals surface area contributed by atoms with Crippen molar-refractivity contribution in [3.63, 3.8) is 0 Å². The van der Waals surface area contributed by atoms with Crippen LogP contribution in [-0.2, 0) is 6.42 Å². The summed E-state index contributed by atoms with van der Waals surface area (Å²) in [4.78, 5) is 2.58. The van der Waals surface area contributed by atoms with Crippen molar-refractivity contribution in [1.82, 2.24) is 10.2 Å². The van der Waals surface area contributed by atoms with Crippen LogP contribution in [0, 0.1) is 5.41 Å². The summed E-state index contributed by atoms with van der Waals surface area (Å²) in [6, 6.07) is 8.59. The van der Waals surface area contributed by atoms with E-state index in [2.05, 4.69) is 36.2 Å². The zero-order chi connectivity index (χ0) is 19.5. The molecule has 1 aliphatic heterocycles. The molecule has 2 aliphatic rings. The lowest BCUT2D eigenvalue weighted by Crippen LogP contribution is -2.51. The van der Waals surface area contributed by atoms with Crippen LogP contribution >= 0.6 is 0 Å². The molecule has 1 saturated carbocycles. The molecule has 0 aromatic heterocycles. The first-order valence-electron chi connectivity index (χ1n) is 10.7. The minimum atomic E-state index is -2.66. The smallest absolute Gasteiger partial charge is 0.249 e. The van der Waals surface area contributed by atoms with Crippen molar-refractivity contribution < 1.29 is 8.78 Å². The molecule has 0 radical (unpaired) electrons. The highest BCUT2D eigenvalue weighted by Gasteiger charge is 2.38. The van der Waals surface area contributed by atoms with E-state index in [0.717, 1.165) is 38.7 Å². The molecule has 1 aliphatic carbocycles. The number of piperazine rings is 1. The molecule has 2 nitrogen and oxygen atoms in total. The molecule has 1 N–H and O–H groups in total. The first-order valence-corrected chi connectivity index (χ1v) is 10.7. The molecule has 152 valence electrons. The number of alkyl halides is 2. The lowest BCUT2D eigenvalue weighted by Gasteiger charge is -2.44. The molecule has 2 unspecified atom stereocenters. The van der Waals surface area contributed by atoms with E-state index in [-0.39, 0.29) is 11.8 Å². The normalized spacial score (nSPS) is 25.3. The Hall–Kier alpha value is -1.00. The number of nitrogens with one attached hydrogen (secondary N) is 1. The summed E-state index contributed by atoms with van der Waals surface area (Å²) < 4.78 is 27.1. The van der Waals surface area contributed by atoms with Crippen LogP contribution in [0.4, 0.5) is 8.78 Å². The van der Waals surface area contributed by atoms with Gasteiger partial charge in [-0.1, -0.05) is 50.5 Å². The van der Waals surface area contributed by atoms with E-state index in [9.17, 15) is 8.78 Å². The topological polar surface area (TPSA) is 15.3 Å². The molecular weight excluding hydrogens is 342 g/mol. The third-order valence-electron chi connectivity index (χ3n) is 6.60. The SMILES string of the molecule is CC1CN(CC(c2cccc(CC(C)(F)F)c2)C2(C)CCCCC2)CCN1. The van der Waals surface area contributed by atoms with E-state index in [1.54, 1.807) is 0 Å². The van der Waals surface area contributed by atoms with Crippen molar-refractivity contribution in [3.8, 4) is 0 Å². The van der Waals surface area contributed by atoms with Gasteiger partial charge in [0, 0.05) is 44.6 Å². The number of hydrogen-bond acceptors (Lipinski definition) is 2. The van der Waals surface area contributed by atoms with E-state index in [1.807, 2.05) is 12.1 Å². The highest BCUT2D eigenvalue weighted by molar-refractivity contribution is 5.29. The Bertz CT molecular complexity index is 605. The summed E-state index contributed by atoms with van der Waals surface area (Å²) in [5.41, 5.74) is 2.28. The lowest BCUT2D eigenvalue weighted by molar-refractivity contribution is 0.0226. The van der Waals surface area contributed by atoms with Gasteiger partial charge in [-0.2, -0.15) is 0 Å². The third kappa shape index (κ3) is 5.74. The van der Waals surface area contributed by atoms with E-state index in [1.165, 1.54) is 37.7 Å². The highest BCUT2D eigenvalue weighted by atomic mass is 19.3. The van der Waals surface area contributed by atoms with Crippen LogP contribution in [0.1, 0.15) is 69.9 Å². The molecule has 27 heavy (non-hydrogen) atoms. The Labute approximate surface area is 163 Å². The molecular formula is C23H36F2N2. The molecule has 0 spiro atoms. The van der Waals surface area contributed by atoms with Gasteiger partial charge in [-0.25, -0.2) is 8.78 Å². The van der Waals surface area contributed by atoms with Gasteiger partial charge < -0.3 is 5.32 Å². The number of rotatable bonds is 6. The first-order chi connectivity index (χ1) is 12.8. The van der Waals surface area contributed by atoms with E-state index in [4.69, 9.17) is 0 Å². The first kappa shape index (κ1) is 20.7. The molecule has 3 rings (SSSR count). The van der Waals surface area contributed by atoms with Gasteiger partial charge in [-0.05, 0) is 43.2 Å². The maximum Gasteiger partial charge on any atom is 0.249 e. The predicted octanol–water partition coefficient (Wildman–Crippen LogP) is 5.23. The fourth-order valence-electron chi connectivity index (χ4n) is 5.15. The van der Waals surface area contributed by atoms with Gasteiger partial charge in [0.05, 0.1) is 0 Å². The average Bonchev–Trinajstić information content (AvgIpc) is 2.59. The molecule has 2 atom stereocenters. The largest absolute Gasteiger partial charge is 0.312 e. The number of halogens is 2. The zero-order valence-corrected chi connectivity index (χ0v) is 17.2. The predicted molar refractivity (Wildman–Crippen MR) is 109 cm³/mol. The van der Waals surface area contributed by atoms with Crippen molar-refractivity contribution in [2.24, 2.45) is 5.41 Å². The Morgan fingerprint density at radius 1 is 1.26 bits per heavy atom. The van der Waals surface area contributed by atoms with E-state index >= 15 is 0 Å². The third-order valence-corrected chi connectivity index (χ3v) is 6.60. The van der Waals surface area contributed by atoms with Gasteiger partial charge in [0.15, 0.2) is 0 Å². The molecule has 0 amide bonds. The summed E-state index contributed by atoms with van der Waals surface area (Å²) in [7, 11) is 0. The Morgan fingerprint density at radius 3 is 2.67 bits per heavy atom. The van der Waals surface area contributed by atoms with Crippen LogP contribution in [0.25, 0.3) is 0 Å². The van der Waals surface area contributed by atoms with E-state index < -0.39 is 5.92 Å². The maximum atomic E-state index is 13.6. The zero-order valence-electron chi connectivity index (χ0n) is 17.2. The van der Waals surface area contributed by atoms with Gasteiger partial charge in [0.25, 0.3) is 0 Å². The van der Waals surface area contributed by atoms with Crippen molar-refractivity contribution >= 4 is 0 Å². The van der Waals surface area contributed by atoms with Gasteiger partial charge in [0.2, 0.25) is 5.92 Å². The summed E-state index contributed by atoms with van der Waals surface area (Å²) >= 11 is 0. The fraction of sp³-hybridized carbons (Fsp3) is 0.739. The van der Waals surface area contributed by atoms with E-state index in [0.29, 0.717) is 12.0 Å². The van der Waals surface area contributed by atoms with Crippen molar-refractivity contribution in [1.29, 1.82) is 0 Å². The average molecular weight is 379 g/mol. The molecule has 1 aromatic carbocycles. The van der Waals surface area contributed by atoms with Crippen molar-refractivity contribution in [2.75, 3.05) is 26.2 Å². The number of nitrogens with zero attached hydrogens (tertiary/aromatic N) is 1. The monoisotopic (exact) mass is 378 g/mol. The Balaban J connectivity index is 1.86. The van der Waals surface area contributed by atoms with Gasteiger partial charge in [-0.15, -0.1) is 0 Å². The standard InChI is InChI=1S/C23H36F2N2/c1-18-16-27(13-12-26-18)17-21(22(2)10-5-4-6-11-22)20-9-7-8-19(14-20)15-23(3,24)25/h7-9,14,18,21,26H,4-6,10-13,15-17H2,1-3H3. The van der Waals surface area contributed by atoms with Crippen molar-refractivity contribution in [3.05, 3.63) is 35.4 Å². The molecule has 1 saturated heterocycles. The minimum Gasteiger partial charge on any atom is -0.312 e.